The molecule has 0 amide bonds. The van der Waals surface area contributed by atoms with Crippen LogP contribution in [0, 0.1) is 11.2 Å². The second-order valence-electron chi connectivity index (χ2n) is 6.55. The summed E-state index contributed by atoms with van der Waals surface area (Å²) in [6, 6.07) is 6.99. The fraction of sp³-hybridized carbons (Fsp3) is 0.647. The molecule has 1 unspecified atom stereocenters. The van der Waals surface area contributed by atoms with Crippen LogP contribution in [-0.2, 0) is 0 Å². The van der Waals surface area contributed by atoms with Crippen LogP contribution in [-0.4, -0.2) is 13.1 Å². The van der Waals surface area contributed by atoms with Crippen LogP contribution in [0.4, 0.5) is 4.39 Å². The highest BCUT2D eigenvalue weighted by molar-refractivity contribution is 5.20. The van der Waals surface area contributed by atoms with Gasteiger partial charge in [0.1, 0.15) is 5.82 Å². The Bertz CT molecular complexity index is 351. The maximum Gasteiger partial charge on any atom is 0.123 e. The van der Waals surface area contributed by atoms with Crippen LogP contribution in [0.3, 0.4) is 0 Å². The summed E-state index contributed by atoms with van der Waals surface area (Å²) in [4.78, 5) is 0. The third kappa shape index (κ3) is 6.72. The van der Waals surface area contributed by atoms with Crippen molar-refractivity contribution in [1.29, 1.82) is 0 Å². The van der Waals surface area contributed by atoms with Gasteiger partial charge in [-0.2, -0.15) is 0 Å². The first-order valence-electron chi connectivity index (χ1n) is 7.38. The first-order valence-corrected chi connectivity index (χ1v) is 7.38. The van der Waals surface area contributed by atoms with E-state index in [2.05, 4.69) is 33.0 Å². The van der Waals surface area contributed by atoms with Crippen LogP contribution >= 0.6 is 0 Å². The molecule has 1 aromatic rings. The van der Waals surface area contributed by atoms with Crippen LogP contribution < -0.4 is 5.32 Å². The number of hydrogen-bond acceptors (Lipinski definition) is 1. The molecular formula is C17H28FN. The van der Waals surface area contributed by atoms with Crippen LogP contribution in [0.1, 0.15) is 58.4 Å². The number of hydrogen-bond donors (Lipinski definition) is 1. The van der Waals surface area contributed by atoms with Gasteiger partial charge in [0.05, 0.1) is 0 Å². The summed E-state index contributed by atoms with van der Waals surface area (Å²) in [5, 5.41) is 3.49. The highest BCUT2D eigenvalue weighted by Gasteiger charge is 2.16. The van der Waals surface area contributed by atoms with Crippen molar-refractivity contribution in [2.75, 3.05) is 13.1 Å². The van der Waals surface area contributed by atoms with Gasteiger partial charge < -0.3 is 5.32 Å². The van der Waals surface area contributed by atoms with Gasteiger partial charge in [-0.05, 0) is 54.8 Å². The average Bonchev–Trinajstić information content (AvgIpc) is 2.34. The Kier molecular flexibility index (Phi) is 6.50. The highest BCUT2D eigenvalue weighted by Crippen LogP contribution is 2.28. The van der Waals surface area contributed by atoms with E-state index < -0.39 is 0 Å². The monoisotopic (exact) mass is 265 g/mol. The first kappa shape index (κ1) is 16.2. The molecule has 0 radical (unpaired) electrons. The SMILES string of the molecule is CCCNCC(CCC(C)(C)C)c1ccc(F)cc1. The minimum atomic E-state index is -0.153. The molecular weight excluding hydrogens is 237 g/mol. The van der Waals surface area contributed by atoms with Gasteiger partial charge in [0.15, 0.2) is 0 Å². The minimum Gasteiger partial charge on any atom is -0.316 e. The summed E-state index contributed by atoms with van der Waals surface area (Å²) < 4.78 is 13.0. The molecule has 0 fully saturated rings. The van der Waals surface area contributed by atoms with Crippen molar-refractivity contribution in [2.24, 2.45) is 5.41 Å². The van der Waals surface area contributed by atoms with Gasteiger partial charge in [-0.3, -0.25) is 0 Å². The predicted octanol–water partition coefficient (Wildman–Crippen LogP) is 4.74. The fourth-order valence-corrected chi connectivity index (χ4v) is 2.18. The van der Waals surface area contributed by atoms with Crippen molar-refractivity contribution < 1.29 is 4.39 Å². The molecule has 0 aliphatic heterocycles. The number of nitrogens with one attached hydrogen (secondary N) is 1. The molecule has 1 aromatic carbocycles. The Labute approximate surface area is 117 Å². The summed E-state index contributed by atoms with van der Waals surface area (Å²) in [5.41, 5.74) is 1.59. The molecule has 0 aliphatic rings. The normalized spacial score (nSPS) is 13.5. The van der Waals surface area contributed by atoms with E-state index >= 15 is 0 Å². The zero-order chi connectivity index (χ0) is 14.3. The Hall–Kier alpha value is -0.890. The molecule has 0 bridgehead atoms. The van der Waals surface area contributed by atoms with Gasteiger partial charge in [0.2, 0.25) is 0 Å². The third-order valence-corrected chi connectivity index (χ3v) is 3.40. The second-order valence-corrected chi connectivity index (χ2v) is 6.55. The lowest BCUT2D eigenvalue weighted by molar-refractivity contribution is 0.344. The van der Waals surface area contributed by atoms with Gasteiger partial charge in [0, 0.05) is 6.54 Å². The summed E-state index contributed by atoms with van der Waals surface area (Å²) in [6.07, 6.45) is 3.48. The Morgan fingerprint density at radius 3 is 2.32 bits per heavy atom. The number of benzene rings is 1. The molecule has 108 valence electrons. The molecule has 0 aliphatic carbocycles. The largest absolute Gasteiger partial charge is 0.316 e. The van der Waals surface area contributed by atoms with Gasteiger partial charge >= 0.3 is 0 Å². The molecule has 1 N–H and O–H groups in total. The van der Waals surface area contributed by atoms with Crippen molar-refractivity contribution >= 4 is 0 Å². The zero-order valence-corrected chi connectivity index (χ0v) is 12.8. The molecule has 0 saturated heterocycles. The summed E-state index contributed by atoms with van der Waals surface area (Å²) in [6.45, 7) is 11.0. The maximum absolute atomic E-state index is 13.0. The summed E-state index contributed by atoms with van der Waals surface area (Å²) in [5.74, 6) is 0.325. The van der Waals surface area contributed by atoms with Gasteiger partial charge in [-0.1, -0.05) is 39.8 Å². The second kappa shape index (κ2) is 7.64. The van der Waals surface area contributed by atoms with Crippen LogP contribution in [0.15, 0.2) is 24.3 Å². The molecule has 0 heterocycles. The van der Waals surface area contributed by atoms with E-state index in [9.17, 15) is 4.39 Å². The van der Waals surface area contributed by atoms with E-state index in [1.165, 1.54) is 12.0 Å². The fourth-order valence-electron chi connectivity index (χ4n) is 2.18. The van der Waals surface area contributed by atoms with Crippen molar-refractivity contribution in [3.05, 3.63) is 35.6 Å². The Morgan fingerprint density at radius 1 is 1.16 bits per heavy atom. The van der Waals surface area contributed by atoms with E-state index in [0.29, 0.717) is 11.3 Å². The lowest BCUT2D eigenvalue weighted by atomic mass is 9.84. The lowest BCUT2D eigenvalue weighted by Crippen LogP contribution is -2.23. The van der Waals surface area contributed by atoms with Crippen molar-refractivity contribution in [2.45, 2.75) is 52.9 Å². The van der Waals surface area contributed by atoms with E-state index in [-0.39, 0.29) is 5.82 Å². The predicted molar refractivity (Wildman–Crippen MR) is 81.0 cm³/mol. The lowest BCUT2D eigenvalue weighted by Gasteiger charge is -2.24. The molecule has 19 heavy (non-hydrogen) atoms. The smallest absolute Gasteiger partial charge is 0.123 e. The van der Waals surface area contributed by atoms with E-state index in [1.807, 2.05) is 12.1 Å². The standard InChI is InChI=1S/C17H28FN/c1-5-12-19-13-15(10-11-17(2,3)4)14-6-8-16(18)9-7-14/h6-9,15,19H,5,10-13H2,1-4H3. The quantitative estimate of drug-likeness (QED) is 0.702. The molecule has 1 nitrogen and oxygen atoms in total. The van der Waals surface area contributed by atoms with Gasteiger partial charge in [-0.15, -0.1) is 0 Å². The van der Waals surface area contributed by atoms with Crippen molar-refractivity contribution in [3.8, 4) is 0 Å². The van der Waals surface area contributed by atoms with Crippen molar-refractivity contribution in [1.82, 2.24) is 5.32 Å². The van der Waals surface area contributed by atoms with E-state index in [0.717, 1.165) is 25.9 Å². The minimum absolute atomic E-state index is 0.153. The molecule has 0 saturated carbocycles. The molecule has 1 rings (SSSR count). The highest BCUT2D eigenvalue weighted by atomic mass is 19.1. The Balaban J connectivity index is 2.65. The Morgan fingerprint density at radius 2 is 1.79 bits per heavy atom. The van der Waals surface area contributed by atoms with Crippen molar-refractivity contribution in [3.63, 3.8) is 0 Å². The summed E-state index contributed by atoms with van der Waals surface area (Å²) >= 11 is 0. The maximum atomic E-state index is 13.0. The van der Waals surface area contributed by atoms with E-state index in [4.69, 9.17) is 0 Å². The number of rotatable bonds is 7. The van der Waals surface area contributed by atoms with E-state index in [1.54, 1.807) is 12.1 Å². The molecule has 2 heteroatoms. The summed E-state index contributed by atoms with van der Waals surface area (Å²) in [7, 11) is 0. The van der Waals surface area contributed by atoms with Crippen LogP contribution in [0.5, 0.6) is 0 Å². The third-order valence-electron chi connectivity index (χ3n) is 3.40. The first-order chi connectivity index (χ1) is 8.92. The number of halogens is 1. The topological polar surface area (TPSA) is 12.0 Å². The van der Waals surface area contributed by atoms with Gasteiger partial charge in [0.25, 0.3) is 0 Å². The average molecular weight is 265 g/mol. The zero-order valence-electron chi connectivity index (χ0n) is 12.8. The molecule has 0 spiro atoms. The molecule has 1 atom stereocenters. The van der Waals surface area contributed by atoms with Gasteiger partial charge in [-0.25, -0.2) is 4.39 Å². The van der Waals surface area contributed by atoms with Crippen LogP contribution in [0.25, 0.3) is 0 Å². The molecule has 0 aromatic heterocycles. The van der Waals surface area contributed by atoms with Crippen LogP contribution in [0.2, 0.25) is 0 Å².